The fraction of sp³-hybridized carbons (Fsp3) is 0.588. The molecule has 120 valence electrons. The molecule has 0 N–H and O–H groups in total. The molecule has 0 spiro atoms. The molecule has 2 fully saturated rings. The Morgan fingerprint density at radius 3 is 2.50 bits per heavy atom. The maximum Gasteiger partial charge on any atom is 0.236 e. The SMILES string of the molecule is COc1ccc(C2SC(C)C(=O)N2CCN2CCCC2)cc1. The highest BCUT2D eigenvalue weighted by Crippen LogP contribution is 2.43. The van der Waals surface area contributed by atoms with Gasteiger partial charge in [0.1, 0.15) is 11.1 Å². The van der Waals surface area contributed by atoms with Gasteiger partial charge in [0, 0.05) is 13.1 Å². The fourth-order valence-electron chi connectivity index (χ4n) is 3.18. The number of benzene rings is 1. The van der Waals surface area contributed by atoms with Crippen molar-refractivity contribution in [2.75, 3.05) is 33.3 Å². The molecule has 22 heavy (non-hydrogen) atoms. The standard InChI is InChI=1S/C17H24N2O2S/c1-13-16(20)19(12-11-18-9-3-4-10-18)17(22-13)14-5-7-15(21-2)8-6-14/h5-8,13,17H,3-4,9-12H2,1-2H3. The number of thioether (sulfide) groups is 1. The van der Waals surface area contributed by atoms with Crippen LogP contribution < -0.4 is 4.74 Å². The zero-order chi connectivity index (χ0) is 15.5. The Hall–Kier alpha value is -1.20. The van der Waals surface area contributed by atoms with Crippen LogP contribution in [0.1, 0.15) is 30.7 Å². The number of carbonyl (C=O) groups excluding carboxylic acids is 1. The first-order valence-corrected chi connectivity index (χ1v) is 8.95. The van der Waals surface area contributed by atoms with Crippen LogP contribution >= 0.6 is 11.8 Å². The molecule has 2 heterocycles. The van der Waals surface area contributed by atoms with Crippen molar-refractivity contribution >= 4 is 17.7 Å². The quantitative estimate of drug-likeness (QED) is 0.835. The van der Waals surface area contributed by atoms with Gasteiger partial charge in [-0.1, -0.05) is 12.1 Å². The van der Waals surface area contributed by atoms with E-state index >= 15 is 0 Å². The van der Waals surface area contributed by atoms with E-state index in [0.717, 1.165) is 18.8 Å². The molecule has 1 amide bonds. The van der Waals surface area contributed by atoms with Gasteiger partial charge in [-0.05, 0) is 50.6 Å². The van der Waals surface area contributed by atoms with Crippen LogP contribution in [0.15, 0.2) is 24.3 Å². The molecule has 2 saturated heterocycles. The normalized spacial score (nSPS) is 25.9. The van der Waals surface area contributed by atoms with Crippen molar-refractivity contribution in [3.8, 4) is 5.75 Å². The minimum atomic E-state index is 0.0469. The van der Waals surface area contributed by atoms with E-state index in [1.54, 1.807) is 18.9 Å². The van der Waals surface area contributed by atoms with Crippen LogP contribution in [0.25, 0.3) is 0 Å². The fourth-order valence-corrected chi connectivity index (χ4v) is 4.49. The molecule has 3 rings (SSSR count). The van der Waals surface area contributed by atoms with Gasteiger partial charge in [0.2, 0.25) is 5.91 Å². The van der Waals surface area contributed by atoms with Crippen molar-refractivity contribution in [1.29, 1.82) is 0 Å². The van der Waals surface area contributed by atoms with E-state index < -0.39 is 0 Å². The summed E-state index contributed by atoms with van der Waals surface area (Å²) < 4.78 is 5.22. The number of likely N-dealkylation sites (tertiary alicyclic amines) is 1. The third-order valence-electron chi connectivity index (χ3n) is 4.50. The van der Waals surface area contributed by atoms with Gasteiger partial charge < -0.3 is 14.5 Å². The van der Waals surface area contributed by atoms with Gasteiger partial charge in [0.05, 0.1) is 12.4 Å². The first kappa shape index (κ1) is 15.7. The van der Waals surface area contributed by atoms with Crippen LogP contribution in [0, 0.1) is 0 Å². The highest BCUT2D eigenvalue weighted by molar-refractivity contribution is 8.01. The molecule has 4 nitrogen and oxygen atoms in total. The van der Waals surface area contributed by atoms with Crippen molar-refractivity contribution in [3.05, 3.63) is 29.8 Å². The number of hydrogen-bond donors (Lipinski definition) is 0. The van der Waals surface area contributed by atoms with E-state index in [1.807, 2.05) is 19.1 Å². The lowest BCUT2D eigenvalue weighted by atomic mass is 10.2. The van der Waals surface area contributed by atoms with E-state index in [1.165, 1.54) is 31.5 Å². The molecule has 0 radical (unpaired) electrons. The summed E-state index contributed by atoms with van der Waals surface area (Å²) in [6, 6.07) is 8.10. The number of carbonyl (C=O) groups is 1. The Morgan fingerprint density at radius 1 is 1.18 bits per heavy atom. The van der Waals surface area contributed by atoms with Crippen LogP contribution in [-0.2, 0) is 4.79 Å². The van der Waals surface area contributed by atoms with Crippen molar-refractivity contribution < 1.29 is 9.53 Å². The number of ether oxygens (including phenoxy) is 1. The van der Waals surface area contributed by atoms with Crippen molar-refractivity contribution in [3.63, 3.8) is 0 Å². The van der Waals surface area contributed by atoms with Gasteiger partial charge in [-0.25, -0.2) is 0 Å². The minimum Gasteiger partial charge on any atom is -0.497 e. The summed E-state index contributed by atoms with van der Waals surface area (Å²) in [6.45, 7) is 6.19. The van der Waals surface area contributed by atoms with Gasteiger partial charge in [0.25, 0.3) is 0 Å². The maximum atomic E-state index is 12.5. The van der Waals surface area contributed by atoms with Gasteiger partial charge in [-0.2, -0.15) is 0 Å². The minimum absolute atomic E-state index is 0.0469. The first-order chi connectivity index (χ1) is 10.7. The van der Waals surface area contributed by atoms with Crippen LogP contribution in [0.2, 0.25) is 0 Å². The topological polar surface area (TPSA) is 32.8 Å². The van der Waals surface area contributed by atoms with E-state index in [-0.39, 0.29) is 16.5 Å². The summed E-state index contributed by atoms with van der Waals surface area (Å²) >= 11 is 1.75. The van der Waals surface area contributed by atoms with Crippen molar-refractivity contribution in [2.24, 2.45) is 0 Å². The predicted molar refractivity (Wildman–Crippen MR) is 90.2 cm³/mol. The smallest absolute Gasteiger partial charge is 0.236 e. The third kappa shape index (κ3) is 3.25. The van der Waals surface area contributed by atoms with Gasteiger partial charge in [-0.3, -0.25) is 4.79 Å². The second-order valence-corrected chi connectivity index (χ2v) is 7.41. The monoisotopic (exact) mass is 320 g/mol. The molecule has 0 aromatic heterocycles. The van der Waals surface area contributed by atoms with Crippen LogP contribution in [0.5, 0.6) is 5.75 Å². The molecule has 0 saturated carbocycles. The number of methoxy groups -OCH3 is 1. The lowest BCUT2D eigenvalue weighted by molar-refractivity contribution is -0.130. The summed E-state index contributed by atoms with van der Waals surface area (Å²) in [7, 11) is 1.67. The summed E-state index contributed by atoms with van der Waals surface area (Å²) in [5.74, 6) is 1.12. The molecule has 2 aliphatic rings. The van der Waals surface area contributed by atoms with Gasteiger partial charge >= 0.3 is 0 Å². The molecule has 2 aliphatic heterocycles. The Bertz CT molecular complexity index is 514. The summed E-state index contributed by atoms with van der Waals surface area (Å²) in [6.07, 6.45) is 2.59. The Labute approximate surface area is 136 Å². The number of nitrogens with zero attached hydrogens (tertiary/aromatic N) is 2. The van der Waals surface area contributed by atoms with E-state index in [9.17, 15) is 4.79 Å². The predicted octanol–water partition coefficient (Wildman–Crippen LogP) is 2.75. The maximum absolute atomic E-state index is 12.5. The van der Waals surface area contributed by atoms with Crippen LogP contribution in [-0.4, -0.2) is 54.2 Å². The average Bonchev–Trinajstić information content (AvgIpc) is 3.15. The summed E-state index contributed by atoms with van der Waals surface area (Å²) in [5.41, 5.74) is 1.19. The zero-order valence-corrected chi connectivity index (χ0v) is 14.1. The molecule has 1 aromatic rings. The molecule has 2 unspecified atom stereocenters. The van der Waals surface area contributed by atoms with E-state index in [0.29, 0.717) is 0 Å². The van der Waals surface area contributed by atoms with E-state index in [2.05, 4.69) is 21.9 Å². The number of amides is 1. The van der Waals surface area contributed by atoms with Crippen molar-refractivity contribution in [1.82, 2.24) is 9.80 Å². The van der Waals surface area contributed by atoms with Gasteiger partial charge in [0.15, 0.2) is 0 Å². The molecular weight excluding hydrogens is 296 g/mol. The molecular formula is C17H24N2O2S. The van der Waals surface area contributed by atoms with Crippen molar-refractivity contribution in [2.45, 2.75) is 30.4 Å². The largest absolute Gasteiger partial charge is 0.497 e. The summed E-state index contributed by atoms with van der Waals surface area (Å²) in [5, 5.41) is 0.182. The zero-order valence-electron chi connectivity index (χ0n) is 13.3. The lowest BCUT2D eigenvalue weighted by Gasteiger charge is -2.26. The Morgan fingerprint density at radius 2 is 1.86 bits per heavy atom. The number of rotatable bonds is 5. The Balaban J connectivity index is 1.70. The molecule has 2 atom stereocenters. The second kappa shape index (κ2) is 6.92. The highest BCUT2D eigenvalue weighted by atomic mass is 32.2. The second-order valence-electron chi connectivity index (χ2n) is 5.98. The lowest BCUT2D eigenvalue weighted by Crippen LogP contribution is -2.37. The van der Waals surface area contributed by atoms with Crippen LogP contribution in [0.4, 0.5) is 0 Å². The third-order valence-corrected chi connectivity index (χ3v) is 5.90. The van der Waals surface area contributed by atoms with Gasteiger partial charge in [-0.15, -0.1) is 11.8 Å². The number of hydrogen-bond acceptors (Lipinski definition) is 4. The highest BCUT2D eigenvalue weighted by Gasteiger charge is 2.38. The molecule has 5 heteroatoms. The molecule has 0 bridgehead atoms. The molecule has 0 aliphatic carbocycles. The summed E-state index contributed by atoms with van der Waals surface area (Å²) in [4.78, 5) is 17.0. The van der Waals surface area contributed by atoms with Crippen LogP contribution in [0.3, 0.4) is 0 Å². The van der Waals surface area contributed by atoms with E-state index in [4.69, 9.17) is 4.74 Å². The molecule has 1 aromatic carbocycles. The Kier molecular flexibility index (Phi) is 4.93. The first-order valence-electron chi connectivity index (χ1n) is 8.01. The average molecular weight is 320 g/mol.